The first-order valence-corrected chi connectivity index (χ1v) is 8.10. The van der Waals surface area contributed by atoms with Crippen LogP contribution in [0.15, 0.2) is 22.7 Å². The minimum Gasteiger partial charge on any atom is -0.481 e. The fourth-order valence-corrected chi connectivity index (χ4v) is 3.21. The van der Waals surface area contributed by atoms with Gasteiger partial charge in [0.1, 0.15) is 12.2 Å². The van der Waals surface area contributed by atoms with Crippen LogP contribution in [0.1, 0.15) is 19.8 Å². The first-order chi connectivity index (χ1) is 9.52. The standard InChI is InChI=1S/C13H15Br2NO4/c1-2-5-19-13-9(15)7-12(13)20-11-4-3-8(14)6-10(11)16(17)18/h3-4,6,9,12-13H,2,5,7H2,1H3. The summed E-state index contributed by atoms with van der Waals surface area (Å²) in [5.74, 6) is 0.285. The molecule has 3 atom stereocenters. The molecule has 110 valence electrons. The Balaban J connectivity index is 2.08. The maximum Gasteiger partial charge on any atom is 0.312 e. The quantitative estimate of drug-likeness (QED) is 0.404. The monoisotopic (exact) mass is 407 g/mol. The number of nitro groups is 1. The number of halogens is 2. The topological polar surface area (TPSA) is 61.6 Å². The Morgan fingerprint density at radius 2 is 2.25 bits per heavy atom. The van der Waals surface area contributed by atoms with E-state index in [0.29, 0.717) is 11.1 Å². The van der Waals surface area contributed by atoms with E-state index in [-0.39, 0.29) is 28.5 Å². The summed E-state index contributed by atoms with van der Waals surface area (Å²) in [6.07, 6.45) is 1.51. The molecule has 7 heteroatoms. The molecule has 0 radical (unpaired) electrons. The zero-order valence-electron chi connectivity index (χ0n) is 10.9. The third-order valence-electron chi connectivity index (χ3n) is 3.09. The van der Waals surface area contributed by atoms with Gasteiger partial charge in [-0.2, -0.15) is 0 Å². The zero-order chi connectivity index (χ0) is 14.7. The average molecular weight is 409 g/mol. The molecule has 0 aliphatic heterocycles. The minimum atomic E-state index is -0.438. The van der Waals surface area contributed by atoms with E-state index in [1.807, 2.05) is 6.92 Å². The molecule has 2 rings (SSSR count). The van der Waals surface area contributed by atoms with Crippen LogP contribution in [0.2, 0.25) is 0 Å². The Kier molecular flexibility index (Phi) is 5.40. The second kappa shape index (κ2) is 6.87. The van der Waals surface area contributed by atoms with Gasteiger partial charge in [-0.3, -0.25) is 10.1 Å². The molecule has 0 heterocycles. The van der Waals surface area contributed by atoms with Gasteiger partial charge < -0.3 is 9.47 Å². The van der Waals surface area contributed by atoms with Crippen LogP contribution >= 0.6 is 31.9 Å². The van der Waals surface area contributed by atoms with E-state index in [9.17, 15) is 10.1 Å². The highest BCUT2D eigenvalue weighted by Gasteiger charge is 2.43. The van der Waals surface area contributed by atoms with Gasteiger partial charge in [0, 0.05) is 28.4 Å². The molecule has 5 nitrogen and oxygen atoms in total. The van der Waals surface area contributed by atoms with E-state index in [1.54, 1.807) is 12.1 Å². The van der Waals surface area contributed by atoms with Gasteiger partial charge in [-0.25, -0.2) is 0 Å². The number of hydrogen-bond donors (Lipinski definition) is 0. The van der Waals surface area contributed by atoms with Crippen molar-refractivity contribution in [3.8, 4) is 5.75 Å². The van der Waals surface area contributed by atoms with E-state index in [4.69, 9.17) is 9.47 Å². The zero-order valence-corrected chi connectivity index (χ0v) is 14.1. The van der Waals surface area contributed by atoms with Crippen molar-refractivity contribution in [2.75, 3.05) is 6.61 Å². The molecule has 0 bridgehead atoms. The highest BCUT2D eigenvalue weighted by atomic mass is 79.9. The predicted molar refractivity (Wildman–Crippen MR) is 82.6 cm³/mol. The Morgan fingerprint density at radius 3 is 2.85 bits per heavy atom. The largest absolute Gasteiger partial charge is 0.481 e. The Hall–Kier alpha value is -0.660. The predicted octanol–water partition coefficient (Wildman–Crippen LogP) is 4.07. The van der Waals surface area contributed by atoms with Crippen molar-refractivity contribution in [3.05, 3.63) is 32.8 Å². The fraction of sp³-hybridized carbons (Fsp3) is 0.538. The summed E-state index contributed by atoms with van der Waals surface area (Å²) in [4.78, 5) is 10.8. The number of nitrogens with zero attached hydrogens (tertiary/aromatic N) is 1. The number of nitro benzene ring substituents is 1. The first kappa shape index (κ1) is 15.7. The molecule has 20 heavy (non-hydrogen) atoms. The van der Waals surface area contributed by atoms with Crippen molar-refractivity contribution < 1.29 is 14.4 Å². The number of benzene rings is 1. The summed E-state index contributed by atoms with van der Waals surface area (Å²) in [5, 5.41) is 11.0. The molecule has 0 aromatic heterocycles. The number of rotatable bonds is 6. The number of hydrogen-bond acceptors (Lipinski definition) is 4. The van der Waals surface area contributed by atoms with Gasteiger partial charge in [0.15, 0.2) is 5.75 Å². The Morgan fingerprint density at radius 1 is 1.50 bits per heavy atom. The van der Waals surface area contributed by atoms with E-state index in [2.05, 4.69) is 31.9 Å². The van der Waals surface area contributed by atoms with Gasteiger partial charge in [-0.05, 0) is 18.6 Å². The highest BCUT2D eigenvalue weighted by Crippen LogP contribution is 2.38. The van der Waals surface area contributed by atoms with Crippen molar-refractivity contribution in [2.24, 2.45) is 0 Å². The molecule has 1 aliphatic rings. The lowest BCUT2D eigenvalue weighted by molar-refractivity contribution is -0.386. The fourth-order valence-electron chi connectivity index (χ4n) is 2.00. The van der Waals surface area contributed by atoms with Gasteiger partial charge in [-0.1, -0.05) is 38.8 Å². The van der Waals surface area contributed by atoms with Crippen molar-refractivity contribution in [1.29, 1.82) is 0 Å². The summed E-state index contributed by atoms with van der Waals surface area (Å²) in [5.41, 5.74) is -0.0355. The lowest BCUT2D eigenvalue weighted by atomic mass is 9.91. The van der Waals surface area contributed by atoms with Crippen molar-refractivity contribution >= 4 is 37.5 Å². The molecule has 0 spiro atoms. The molecule has 1 aromatic carbocycles. The SMILES string of the molecule is CCCOC1C(Br)CC1Oc1ccc(Br)cc1[N+](=O)[O-]. The smallest absolute Gasteiger partial charge is 0.312 e. The van der Waals surface area contributed by atoms with Crippen LogP contribution in [0.5, 0.6) is 5.75 Å². The molecule has 0 amide bonds. The third-order valence-corrected chi connectivity index (χ3v) is 4.48. The van der Waals surface area contributed by atoms with E-state index in [0.717, 1.165) is 12.8 Å². The van der Waals surface area contributed by atoms with Crippen molar-refractivity contribution in [1.82, 2.24) is 0 Å². The molecule has 1 saturated carbocycles. The normalized spacial score (nSPS) is 25.1. The Labute approximate surface area is 134 Å². The van der Waals surface area contributed by atoms with Gasteiger partial charge in [-0.15, -0.1) is 0 Å². The maximum atomic E-state index is 11.0. The molecule has 1 fully saturated rings. The minimum absolute atomic E-state index is 0.0355. The summed E-state index contributed by atoms with van der Waals surface area (Å²) < 4.78 is 12.1. The van der Waals surface area contributed by atoms with Crippen LogP contribution in [0.3, 0.4) is 0 Å². The van der Waals surface area contributed by atoms with E-state index < -0.39 is 4.92 Å². The lowest BCUT2D eigenvalue weighted by Gasteiger charge is -2.40. The average Bonchev–Trinajstić information content (AvgIpc) is 2.40. The summed E-state index contributed by atoms with van der Waals surface area (Å²) in [7, 11) is 0. The molecule has 0 N–H and O–H groups in total. The van der Waals surface area contributed by atoms with Crippen LogP contribution in [0.25, 0.3) is 0 Å². The molecular weight excluding hydrogens is 394 g/mol. The highest BCUT2D eigenvalue weighted by molar-refractivity contribution is 9.10. The van der Waals surface area contributed by atoms with Gasteiger partial charge in [0.2, 0.25) is 0 Å². The van der Waals surface area contributed by atoms with E-state index >= 15 is 0 Å². The van der Waals surface area contributed by atoms with Gasteiger partial charge in [0.25, 0.3) is 0 Å². The summed E-state index contributed by atoms with van der Waals surface area (Å²) in [6.45, 7) is 2.70. The third kappa shape index (κ3) is 3.51. The van der Waals surface area contributed by atoms with Gasteiger partial charge >= 0.3 is 5.69 Å². The lowest BCUT2D eigenvalue weighted by Crippen LogP contribution is -2.52. The molecule has 0 saturated heterocycles. The Bertz CT molecular complexity index is 497. The van der Waals surface area contributed by atoms with Crippen LogP contribution in [-0.4, -0.2) is 28.6 Å². The second-order valence-corrected chi connectivity index (χ2v) is 6.70. The van der Waals surface area contributed by atoms with Crippen molar-refractivity contribution in [3.63, 3.8) is 0 Å². The molecule has 3 unspecified atom stereocenters. The summed E-state index contributed by atoms with van der Waals surface area (Å²) in [6, 6.07) is 4.79. The van der Waals surface area contributed by atoms with E-state index in [1.165, 1.54) is 6.07 Å². The number of alkyl halides is 1. The van der Waals surface area contributed by atoms with Crippen molar-refractivity contribution in [2.45, 2.75) is 36.8 Å². The molecule has 1 aliphatic carbocycles. The number of ether oxygens (including phenoxy) is 2. The van der Waals surface area contributed by atoms with Crippen LogP contribution in [-0.2, 0) is 4.74 Å². The second-order valence-electron chi connectivity index (χ2n) is 4.61. The van der Waals surface area contributed by atoms with Crippen LogP contribution in [0.4, 0.5) is 5.69 Å². The van der Waals surface area contributed by atoms with Crippen LogP contribution < -0.4 is 4.74 Å². The summed E-state index contributed by atoms with van der Waals surface area (Å²) >= 11 is 6.75. The van der Waals surface area contributed by atoms with Crippen LogP contribution in [0, 0.1) is 10.1 Å². The molecule has 1 aromatic rings. The first-order valence-electron chi connectivity index (χ1n) is 6.39. The maximum absolute atomic E-state index is 11.0. The van der Waals surface area contributed by atoms with Gasteiger partial charge in [0.05, 0.1) is 4.92 Å². The molecular formula is C13H15Br2NO4.